The van der Waals surface area contributed by atoms with Gasteiger partial charge in [-0.2, -0.15) is 0 Å². The van der Waals surface area contributed by atoms with Crippen LogP contribution in [0.15, 0.2) is 59.1 Å². The molecule has 0 aromatic heterocycles. The van der Waals surface area contributed by atoms with E-state index in [4.69, 9.17) is 4.43 Å². The Morgan fingerprint density at radius 3 is 2.00 bits per heavy atom. The van der Waals surface area contributed by atoms with Gasteiger partial charge >= 0.3 is 0 Å². The number of halogens is 1. The van der Waals surface area contributed by atoms with Crippen molar-refractivity contribution in [3.8, 4) is 11.8 Å². The highest BCUT2D eigenvalue weighted by atomic mass is 79.9. The van der Waals surface area contributed by atoms with Crippen LogP contribution in [0.4, 0.5) is 0 Å². The lowest BCUT2D eigenvalue weighted by Crippen LogP contribution is -2.41. The maximum Gasteiger partial charge on any atom is 0.224 e. The van der Waals surface area contributed by atoms with Crippen molar-refractivity contribution in [3.63, 3.8) is 0 Å². The maximum atomic E-state index is 6.77. The minimum atomic E-state index is -1.13. The standard InChI is InChI=1S/C24H30BrOSi/c1-23(2,3)27(24(4,5)6)26-21(17-16-19-12-8-7-9-13-19)18-20-14-10-11-15-22(20)25/h7-15,21H,18H2,1-6H3. The molecule has 2 aromatic rings. The molecular formula is C24H30BrOSi. The zero-order chi connectivity index (χ0) is 20.1. The van der Waals surface area contributed by atoms with E-state index >= 15 is 0 Å². The molecule has 3 heteroatoms. The highest BCUT2D eigenvalue weighted by molar-refractivity contribution is 9.10. The summed E-state index contributed by atoms with van der Waals surface area (Å²) in [7, 11) is -1.13. The molecule has 1 radical (unpaired) electrons. The van der Waals surface area contributed by atoms with Gasteiger partial charge in [0.25, 0.3) is 0 Å². The Morgan fingerprint density at radius 1 is 0.889 bits per heavy atom. The molecule has 2 rings (SSSR count). The molecule has 0 saturated heterocycles. The first kappa shape index (κ1) is 22.0. The second-order valence-corrected chi connectivity index (χ2v) is 13.6. The Kier molecular flexibility index (Phi) is 7.51. The van der Waals surface area contributed by atoms with E-state index in [1.807, 2.05) is 36.4 Å². The number of benzene rings is 2. The predicted octanol–water partition coefficient (Wildman–Crippen LogP) is 7.02. The van der Waals surface area contributed by atoms with Crippen molar-refractivity contribution >= 4 is 25.0 Å². The van der Waals surface area contributed by atoms with Gasteiger partial charge in [-0.25, -0.2) is 0 Å². The molecule has 0 amide bonds. The fourth-order valence-corrected chi connectivity index (χ4v) is 7.12. The SMILES string of the molecule is CC(C)(C)[Si](OC(C#Cc1ccccc1)Cc1ccccc1Br)C(C)(C)C. The van der Waals surface area contributed by atoms with Crippen molar-refractivity contribution in [1.82, 2.24) is 0 Å². The summed E-state index contributed by atoms with van der Waals surface area (Å²) >= 11 is 3.67. The molecule has 0 spiro atoms. The van der Waals surface area contributed by atoms with Crippen LogP contribution in [0.3, 0.4) is 0 Å². The first-order chi connectivity index (χ1) is 12.6. The zero-order valence-corrected chi connectivity index (χ0v) is 19.9. The molecule has 1 atom stereocenters. The fourth-order valence-electron chi connectivity index (χ4n) is 3.29. The van der Waals surface area contributed by atoms with Crippen LogP contribution in [0.2, 0.25) is 10.1 Å². The quantitative estimate of drug-likeness (QED) is 0.365. The first-order valence-electron chi connectivity index (χ1n) is 9.42. The molecule has 27 heavy (non-hydrogen) atoms. The minimum absolute atomic E-state index is 0.128. The van der Waals surface area contributed by atoms with Crippen molar-refractivity contribution in [3.05, 3.63) is 70.2 Å². The largest absolute Gasteiger partial charge is 0.402 e. The highest BCUT2D eigenvalue weighted by Crippen LogP contribution is 2.43. The summed E-state index contributed by atoms with van der Waals surface area (Å²) < 4.78 is 7.88. The van der Waals surface area contributed by atoms with Crippen LogP contribution < -0.4 is 0 Å². The molecule has 0 aliphatic heterocycles. The van der Waals surface area contributed by atoms with Gasteiger partial charge in [-0.1, -0.05) is 106 Å². The molecule has 0 N–H and O–H groups in total. The van der Waals surface area contributed by atoms with Gasteiger partial charge in [0, 0.05) is 16.5 Å². The molecule has 0 bridgehead atoms. The number of rotatable bonds is 4. The Bertz CT molecular complexity index is 777. The fraction of sp³-hybridized carbons (Fsp3) is 0.417. The first-order valence-corrected chi connectivity index (χ1v) is 11.6. The van der Waals surface area contributed by atoms with Crippen LogP contribution in [0.1, 0.15) is 52.7 Å². The lowest BCUT2D eigenvalue weighted by Gasteiger charge is -2.39. The summed E-state index contributed by atoms with van der Waals surface area (Å²) in [5.41, 5.74) is 2.26. The van der Waals surface area contributed by atoms with E-state index in [1.54, 1.807) is 0 Å². The average molecular weight is 442 g/mol. The summed E-state index contributed by atoms with van der Waals surface area (Å²) in [5.74, 6) is 6.74. The zero-order valence-electron chi connectivity index (χ0n) is 17.3. The summed E-state index contributed by atoms with van der Waals surface area (Å²) in [6.45, 7) is 13.7. The van der Waals surface area contributed by atoms with Gasteiger partial charge in [0.05, 0.1) is 0 Å². The highest BCUT2D eigenvalue weighted by Gasteiger charge is 2.40. The normalized spacial score (nSPS) is 13.2. The van der Waals surface area contributed by atoms with Crippen molar-refractivity contribution in [1.29, 1.82) is 0 Å². The predicted molar refractivity (Wildman–Crippen MR) is 121 cm³/mol. The van der Waals surface area contributed by atoms with E-state index in [2.05, 4.69) is 87.5 Å². The molecule has 0 fully saturated rings. The van der Waals surface area contributed by atoms with Crippen LogP contribution in [0, 0.1) is 11.8 Å². The van der Waals surface area contributed by atoms with Crippen LogP contribution in [-0.4, -0.2) is 15.1 Å². The second kappa shape index (κ2) is 9.23. The second-order valence-electron chi connectivity index (χ2n) is 8.87. The summed E-state index contributed by atoms with van der Waals surface area (Å²) in [6, 6.07) is 18.5. The van der Waals surface area contributed by atoms with Gasteiger partial charge in [-0.05, 0) is 33.8 Å². The third-order valence-electron chi connectivity index (χ3n) is 4.14. The Hall–Kier alpha value is -1.34. The Balaban J connectivity index is 2.34. The maximum absolute atomic E-state index is 6.77. The monoisotopic (exact) mass is 441 g/mol. The van der Waals surface area contributed by atoms with Gasteiger partial charge in [-0.15, -0.1) is 0 Å². The molecule has 0 heterocycles. The van der Waals surface area contributed by atoms with Crippen LogP contribution in [-0.2, 0) is 10.8 Å². The molecule has 2 aromatic carbocycles. The van der Waals surface area contributed by atoms with Crippen molar-refractivity contribution in [2.45, 2.75) is 64.1 Å². The van der Waals surface area contributed by atoms with Gasteiger partial charge < -0.3 is 4.43 Å². The van der Waals surface area contributed by atoms with E-state index < -0.39 is 9.04 Å². The third-order valence-corrected chi connectivity index (χ3v) is 8.16. The smallest absolute Gasteiger partial charge is 0.224 e. The Morgan fingerprint density at radius 2 is 1.44 bits per heavy atom. The Labute approximate surface area is 175 Å². The summed E-state index contributed by atoms with van der Waals surface area (Å²) in [5, 5.41) is 0.257. The van der Waals surface area contributed by atoms with E-state index in [1.165, 1.54) is 5.56 Å². The van der Waals surface area contributed by atoms with Gasteiger partial charge in [0.1, 0.15) is 6.10 Å². The lowest BCUT2D eigenvalue weighted by molar-refractivity contribution is 0.230. The van der Waals surface area contributed by atoms with E-state index in [0.29, 0.717) is 0 Å². The van der Waals surface area contributed by atoms with Crippen LogP contribution in [0.5, 0.6) is 0 Å². The van der Waals surface area contributed by atoms with Crippen LogP contribution in [0.25, 0.3) is 0 Å². The summed E-state index contributed by atoms with van der Waals surface area (Å²) in [6.07, 6.45) is 0.651. The summed E-state index contributed by atoms with van der Waals surface area (Å²) in [4.78, 5) is 0. The van der Waals surface area contributed by atoms with Crippen LogP contribution >= 0.6 is 15.9 Å². The van der Waals surface area contributed by atoms with Crippen molar-refractivity contribution < 1.29 is 4.43 Å². The number of hydrogen-bond donors (Lipinski definition) is 0. The van der Waals surface area contributed by atoms with Crippen molar-refractivity contribution in [2.24, 2.45) is 0 Å². The number of hydrogen-bond acceptors (Lipinski definition) is 1. The molecule has 1 nitrogen and oxygen atoms in total. The van der Waals surface area contributed by atoms with E-state index in [9.17, 15) is 0 Å². The van der Waals surface area contributed by atoms with E-state index in [-0.39, 0.29) is 16.2 Å². The average Bonchev–Trinajstić information content (AvgIpc) is 2.57. The van der Waals surface area contributed by atoms with Gasteiger partial charge in [-0.3, -0.25) is 0 Å². The molecular weight excluding hydrogens is 412 g/mol. The molecule has 0 aliphatic rings. The molecule has 0 saturated carbocycles. The lowest BCUT2D eigenvalue weighted by atomic mass is 10.1. The molecule has 1 unspecified atom stereocenters. The van der Waals surface area contributed by atoms with Gasteiger partial charge in [0.15, 0.2) is 0 Å². The van der Waals surface area contributed by atoms with Crippen molar-refractivity contribution in [2.75, 3.05) is 0 Å². The van der Waals surface area contributed by atoms with Gasteiger partial charge in [0.2, 0.25) is 9.04 Å². The molecule has 0 aliphatic carbocycles. The van der Waals surface area contributed by atoms with E-state index in [0.717, 1.165) is 16.5 Å². The third kappa shape index (κ3) is 6.96. The minimum Gasteiger partial charge on any atom is -0.402 e. The molecule has 143 valence electrons. The topological polar surface area (TPSA) is 9.23 Å².